The molecule has 0 amide bonds. The zero-order valence-corrected chi connectivity index (χ0v) is 11.4. The summed E-state index contributed by atoms with van der Waals surface area (Å²) >= 11 is 0. The van der Waals surface area contributed by atoms with Crippen molar-refractivity contribution in [2.45, 2.75) is 43.5 Å². The number of hydrogen-bond donors (Lipinski definition) is 2. The molecule has 0 saturated carbocycles. The standard InChI is InChI=1S/C15H20O5/c1-9-11-4-5-15(8-17)13(20-15)3-2-10(7-16)6-12(11)19-14(9)18/h6,11-13,16-17H,1-5,7-8H2/b10-6+/t11-,12?,13+,15+/m0/s1. The summed E-state index contributed by atoms with van der Waals surface area (Å²) in [6.07, 6.45) is 4.42. The van der Waals surface area contributed by atoms with Gasteiger partial charge in [0.1, 0.15) is 11.7 Å². The Bertz CT molecular complexity index is 469. The van der Waals surface area contributed by atoms with Crippen LogP contribution in [0.4, 0.5) is 0 Å². The van der Waals surface area contributed by atoms with Gasteiger partial charge in [-0.25, -0.2) is 4.79 Å². The van der Waals surface area contributed by atoms with Crippen LogP contribution >= 0.6 is 0 Å². The molecule has 20 heavy (non-hydrogen) atoms. The maximum atomic E-state index is 11.7. The molecule has 3 rings (SSSR count). The summed E-state index contributed by atoms with van der Waals surface area (Å²) in [5.41, 5.74) is 0.870. The van der Waals surface area contributed by atoms with Crippen molar-refractivity contribution in [3.63, 3.8) is 0 Å². The minimum atomic E-state index is -0.464. The van der Waals surface area contributed by atoms with Gasteiger partial charge in [-0.2, -0.15) is 0 Å². The number of epoxide rings is 1. The summed E-state index contributed by atoms with van der Waals surface area (Å²) in [7, 11) is 0. The molecule has 0 bridgehead atoms. The number of aliphatic hydroxyl groups excluding tert-OH is 2. The van der Waals surface area contributed by atoms with Gasteiger partial charge in [0.15, 0.2) is 0 Å². The molecule has 4 atom stereocenters. The molecule has 0 aromatic rings. The molecule has 2 N–H and O–H groups in total. The highest BCUT2D eigenvalue weighted by atomic mass is 16.6. The molecular formula is C15H20O5. The van der Waals surface area contributed by atoms with Crippen LogP contribution in [0.1, 0.15) is 25.7 Å². The van der Waals surface area contributed by atoms with Crippen LogP contribution in [0.5, 0.6) is 0 Å². The Kier molecular flexibility index (Phi) is 3.44. The van der Waals surface area contributed by atoms with Crippen molar-refractivity contribution < 1.29 is 24.5 Å². The number of esters is 1. The van der Waals surface area contributed by atoms with E-state index in [0.717, 1.165) is 12.0 Å². The maximum absolute atomic E-state index is 11.7. The molecule has 0 radical (unpaired) electrons. The van der Waals surface area contributed by atoms with Gasteiger partial charge in [-0.3, -0.25) is 0 Å². The fourth-order valence-electron chi connectivity index (χ4n) is 3.29. The van der Waals surface area contributed by atoms with Crippen molar-refractivity contribution in [1.29, 1.82) is 0 Å². The first-order chi connectivity index (χ1) is 9.59. The lowest BCUT2D eigenvalue weighted by atomic mass is 9.84. The van der Waals surface area contributed by atoms with Gasteiger partial charge >= 0.3 is 5.97 Å². The number of aliphatic hydroxyl groups is 2. The second-order valence-electron chi connectivity index (χ2n) is 5.89. The van der Waals surface area contributed by atoms with Gasteiger partial charge in [-0.1, -0.05) is 6.58 Å². The number of carbonyl (C=O) groups is 1. The van der Waals surface area contributed by atoms with Crippen LogP contribution in [0.25, 0.3) is 0 Å². The highest BCUT2D eigenvalue weighted by molar-refractivity contribution is 5.91. The first-order valence-corrected chi connectivity index (χ1v) is 7.08. The van der Waals surface area contributed by atoms with Crippen LogP contribution in [0.3, 0.4) is 0 Å². The number of rotatable bonds is 2. The maximum Gasteiger partial charge on any atom is 0.334 e. The molecule has 3 aliphatic rings. The summed E-state index contributed by atoms with van der Waals surface area (Å²) in [5.74, 6) is -0.450. The largest absolute Gasteiger partial charge is 0.454 e. The van der Waals surface area contributed by atoms with Crippen molar-refractivity contribution in [2.24, 2.45) is 5.92 Å². The molecule has 0 aromatic heterocycles. The quantitative estimate of drug-likeness (QED) is 0.337. The molecule has 2 saturated heterocycles. The smallest absolute Gasteiger partial charge is 0.334 e. The topological polar surface area (TPSA) is 79.3 Å². The Morgan fingerprint density at radius 1 is 1.40 bits per heavy atom. The predicted octanol–water partition coefficient (Wildman–Crippen LogP) is 0.707. The van der Waals surface area contributed by atoms with Crippen molar-refractivity contribution in [3.05, 3.63) is 23.8 Å². The third-order valence-electron chi connectivity index (χ3n) is 4.73. The SMILES string of the molecule is C=C1C(=O)OC2/C=C(/CO)CC[C@H]3O[C@@]3(CO)CC[C@@H]12. The summed E-state index contributed by atoms with van der Waals surface area (Å²) in [6, 6.07) is 0. The molecule has 5 heteroatoms. The van der Waals surface area contributed by atoms with Crippen LogP contribution < -0.4 is 0 Å². The van der Waals surface area contributed by atoms with E-state index in [0.29, 0.717) is 24.8 Å². The van der Waals surface area contributed by atoms with Gasteiger partial charge in [0.05, 0.1) is 19.3 Å². The van der Waals surface area contributed by atoms with Crippen LogP contribution in [-0.2, 0) is 14.3 Å². The van der Waals surface area contributed by atoms with E-state index in [1.165, 1.54) is 0 Å². The van der Waals surface area contributed by atoms with E-state index in [-0.39, 0.29) is 37.3 Å². The summed E-state index contributed by atoms with van der Waals surface area (Å²) in [5, 5.41) is 19.0. The summed E-state index contributed by atoms with van der Waals surface area (Å²) < 4.78 is 11.0. The lowest BCUT2D eigenvalue weighted by Gasteiger charge is -2.19. The molecule has 1 unspecified atom stereocenters. The predicted molar refractivity (Wildman–Crippen MR) is 70.8 cm³/mol. The lowest BCUT2D eigenvalue weighted by molar-refractivity contribution is -0.137. The molecule has 0 aromatic carbocycles. The Morgan fingerprint density at radius 2 is 2.20 bits per heavy atom. The number of fused-ring (bicyclic) bond motifs is 2. The van der Waals surface area contributed by atoms with Gasteiger partial charge in [0.2, 0.25) is 0 Å². The number of ether oxygens (including phenoxy) is 2. The van der Waals surface area contributed by atoms with Crippen molar-refractivity contribution >= 4 is 5.97 Å². The average Bonchev–Trinajstić information content (AvgIpc) is 3.09. The van der Waals surface area contributed by atoms with Gasteiger partial charge in [0, 0.05) is 11.5 Å². The van der Waals surface area contributed by atoms with Crippen LogP contribution in [0, 0.1) is 5.92 Å². The van der Waals surface area contributed by atoms with Crippen LogP contribution in [0.2, 0.25) is 0 Å². The molecule has 0 spiro atoms. The van der Waals surface area contributed by atoms with E-state index in [9.17, 15) is 15.0 Å². The normalized spacial score (nSPS) is 43.1. The molecule has 5 nitrogen and oxygen atoms in total. The van der Waals surface area contributed by atoms with Gasteiger partial charge in [-0.15, -0.1) is 0 Å². The van der Waals surface area contributed by atoms with E-state index in [4.69, 9.17) is 9.47 Å². The third kappa shape index (κ3) is 2.20. The second-order valence-corrected chi connectivity index (χ2v) is 5.89. The monoisotopic (exact) mass is 280 g/mol. The molecule has 1 aliphatic carbocycles. The fourth-order valence-corrected chi connectivity index (χ4v) is 3.29. The Balaban J connectivity index is 1.86. The van der Waals surface area contributed by atoms with Crippen molar-refractivity contribution in [2.75, 3.05) is 13.2 Å². The molecule has 2 heterocycles. The van der Waals surface area contributed by atoms with Crippen molar-refractivity contribution in [3.8, 4) is 0 Å². The van der Waals surface area contributed by atoms with E-state index in [1.54, 1.807) is 0 Å². The van der Waals surface area contributed by atoms with Crippen molar-refractivity contribution in [1.82, 2.24) is 0 Å². The number of carbonyl (C=O) groups excluding carboxylic acids is 1. The minimum absolute atomic E-state index is 0.00545. The Hall–Kier alpha value is -1.17. The summed E-state index contributed by atoms with van der Waals surface area (Å²) in [4.78, 5) is 11.7. The van der Waals surface area contributed by atoms with Crippen LogP contribution in [0.15, 0.2) is 23.8 Å². The second kappa shape index (κ2) is 4.98. The zero-order valence-electron chi connectivity index (χ0n) is 11.4. The van der Waals surface area contributed by atoms with E-state index < -0.39 is 5.60 Å². The Labute approximate surface area is 117 Å². The van der Waals surface area contributed by atoms with E-state index in [2.05, 4.69) is 6.58 Å². The van der Waals surface area contributed by atoms with Gasteiger partial charge < -0.3 is 19.7 Å². The highest BCUT2D eigenvalue weighted by Gasteiger charge is 2.56. The molecule has 2 aliphatic heterocycles. The fraction of sp³-hybridized carbons (Fsp3) is 0.667. The highest BCUT2D eigenvalue weighted by Crippen LogP contribution is 2.46. The first-order valence-electron chi connectivity index (χ1n) is 7.08. The minimum Gasteiger partial charge on any atom is -0.454 e. The van der Waals surface area contributed by atoms with E-state index >= 15 is 0 Å². The average molecular weight is 280 g/mol. The lowest BCUT2D eigenvalue weighted by Crippen LogP contribution is -2.25. The zero-order chi connectivity index (χ0) is 14.3. The van der Waals surface area contributed by atoms with E-state index in [1.807, 2.05) is 6.08 Å². The Morgan fingerprint density at radius 3 is 2.90 bits per heavy atom. The molecule has 2 fully saturated rings. The van der Waals surface area contributed by atoms with Gasteiger partial charge in [0.25, 0.3) is 0 Å². The third-order valence-corrected chi connectivity index (χ3v) is 4.73. The summed E-state index contributed by atoms with van der Waals surface area (Å²) in [6.45, 7) is 3.76. The van der Waals surface area contributed by atoms with Gasteiger partial charge in [-0.05, 0) is 37.3 Å². The molecular weight excluding hydrogens is 260 g/mol. The first kappa shape index (κ1) is 13.8. The van der Waals surface area contributed by atoms with Crippen LogP contribution in [-0.4, -0.2) is 47.2 Å². The number of hydrogen-bond acceptors (Lipinski definition) is 5. The molecule has 110 valence electrons.